The summed E-state index contributed by atoms with van der Waals surface area (Å²) in [7, 11) is 1.60. The van der Waals surface area contributed by atoms with Gasteiger partial charge in [0.05, 0.1) is 18.3 Å². The zero-order valence-corrected chi connectivity index (χ0v) is 11.4. The first kappa shape index (κ1) is 15.5. The second kappa shape index (κ2) is 8.50. The average Bonchev–Trinajstić information content (AvgIpc) is 2.44. The van der Waals surface area contributed by atoms with Crippen LogP contribution in [0.3, 0.4) is 0 Å². The molecule has 0 aromatic heterocycles. The molecule has 0 saturated heterocycles. The summed E-state index contributed by atoms with van der Waals surface area (Å²) in [6.07, 6.45) is 0.553. The minimum Gasteiger partial charge on any atom is -0.494 e. The maximum absolute atomic E-state index is 11.6. The van der Waals surface area contributed by atoms with Crippen LogP contribution >= 0.6 is 0 Å². The van der Waals surface area contributed by atoms with Gasteiger partial charge in [-0.25, -0.2) is 4.79 Å². The minimum absolute atomic E-state index is 0.0178. The van der Waals surface area contributed by atoms with Crippen LogP contribution in [-0.4, -0.2) is 25.8 Å². The van der Waals surface area contributed by atoms with Crippen molar-refractivity contribution in [3.8, 4) is 5.75 Å². The highest BCUT2D eigenvalue weighted by Crippen LogP contribution is 2.13. The minimum atomic E-state index is -0.552. The summed E-state index contributed by atoms with van der Waals surface area (Å²) in [5.74, 6) is 0.157. The number of methoxy groups -OCH3 is 1. The molecule has 0 aliphatic rings. The maximum atomic E-state index is 11.6. The van der Waals surface area contributed by atoms with Gasteiger partial charge in [0.15, 0.2) is 0 Å². The lowest BCUT2D eigenvalue weighted by Gasteiger charge is -2.08. The van der Waals surface area contributed by atoms with Gasteiger partial charge in [0.1, 0.15) is 12.4 Å². The molecular weight excluding hydrogens is 248 g/mol. The lowest BCUT2D eigenvalue weighted by molar-refractivity contribution is -0.215. The van der Waals surface area contributed by atoms with Gasteiger partial charge >= 0.3 is 5.97 Å². The molecule has 0 saturated carbocycles. The van der Waals surface area contributed by atoms with E-state index in [0.29, 0.717) is 24.3 Å². The third-order valence-electron chi connectivity index (χ3n) is 2.42. The quantitative estimate of drug-likeness (QED) is 0.412. The first-order valence-electron chi connectivity index (χ1n) is 6.12. The Morgan fingerprint density at radius 2 is 2.00 bits per heavy atom. The highest BCUT2D eigenvalue weighted by Gasteiger charge is 2.09. The van der Waals surface area contributed by atoms with E-state index in [2.05, 4.69) is 4.89 Å². The third-order valence-corrected chi connectivity index (χ3v) is 2.42. The van der Waals surface area contributed by atoms with E-state index in [-0.39, 0.29) is 6.10 Å². The Bertz CT molecular complexity index is 374. The molecule has 19 heavy (non-hydrogen) atoms. The molecule has 1 radical (unpaired) electrons. The van der Waals surface area contributed by atoms with Gasteiger partial charge in [-0.05, 0) is 38.1 Å². The summed E-state index contributed by atoms with van der Waals surface area (Å²) in [6, 6.07) is 6.65. The molecule has 1 atom stereocenters. The Morgan fingerprint density at radius 1 is 1.32 bits per heavy atom. The Morgan fingerprint density at radius 3 is 2.58 bits per heavy atom. The lowest BCUT2D eigenvalue weighted by Crippen LogP contribution is -2.09. The molecule has 5 heteroatoms. The second-order valence-electron chi connectivity index (χ2n) is 3.87. The normalized spacial score (nSPS) is 11.9. The van der Waals surface area contributed by atoms with Crippen LogP contribution in [0.5, 0.6) is 5.75 Å². The van der Waals surface area contributed by atoms with Crippen molar-refractivity contribution < 1.29 is 24.0 Å². The van der Waals surface area contributed by atoms with Gasteiger partial charge in [0.2, 0.25) is 0 Å². The first-order chi connectivity index (χ1) is 9.17. The summed E-state index contributed by atoms with van der Waals surface area (Å²) >= 11 is 0. The van der Waals surface area contributed by atoms with E-state index in [4.69, 9.17) is 14.4 Å². The van der Waals surface area contributed by atoms with Gasteiger partial charge in [-0.2, -0.15) is 4.89 Å². The van der Waals surface area contributed by atoms with Crippen molar-refractivity contribution in [3.63, 3.8) is 0 Å². The molecule has 0 fully saturated rings. The SMILES string of the molecule is CCOc1ccc(C(=O)OO[CH]CC(C)OC)cc1. The van der Waals surface area contributed by atoms with Gasteiger partial charge in [0, 0.05) is 13.5 Å². The van der Waals surface area contributed by atoms with Crippen LogP contribution in [0, 0.1) is 6.61 Å². The Balaban J connectivity index is 2.33. The Labute approximate surface area is 113 Å². The largest absolute Gasteiger partial charge is 0.494 e. The van der Waals surface area contributed by atoms with E-state index < -0.39 is 5.97 Å². The third kappa shape index (κ3) is 5.72. The molecule has 0 spiro atoms. The number of carbonyl (C=O) groups is 1. The highest BCUT2D eigenvalue weighted by molar-refractivity contribution is 5.89. The zero-order chi connectivity index (χ0) is 14.1. The van der Waals surface area contributed by atoms with E-state index in [1.807, 2.05) is 13.8 Å². The monoisotopic (exact) mass is 267 g/mol. The predicted molar refractivity (Wildman–Crippen MR) is 69.5 cm³/mol. The maximum Gasteiger partial charge on any atom is 0.373 e. The standard InChI is InChI=1S/C14H19O5/c1-4-17-13-7-5-12(6-8-13)14(15)19-18-10-9-11(2)16-3/h5-8,10-11H,4,9H2,1-3H3. The molecule has 0 heterocycles. The van der Waals surface area contributed by atoms with E-state index in [1.165, 1.54) is 6.61 Å². The fourth-order valence-corrected chi connectivity index (χ4v) is 1.25. The van der Waals surface area contributed by atoms with E-state index in [9.17, 15) is 4.79 Å². The van der Waals surface area contributed by atoms with Crippen LogP contribution in [0.1, 0.15) is 30.6 Å². The fraction of sp³-hybridized carbons (Fsp3) is 0.429. The average molecular weight is 267 g/mol. The molecule has 1 aromatic rings. The van der Waals surface area contributed by atoms with E-state index in [0.717, 1.165) is 0 Å². The number of ether oxygens (including phenoxy) is 2. The molecule has 1 unspecified atom stereocenters. The van der Waals surface area contributed by atoms with Crippen LogP contribution in [0.25, 0.3) is 0 Å². The van der Waals surface area contributed by atoms with Gasteiger partial charge in [-0.15, -0.1) is 0 Å². The lowest BCUT2D eigenvalue weighted by atomic mass is 10.2. The summed E-state index contributed by atoms with van der Waals surface area (Å²) in [6.45, 7) is 5.75. The number of carbonyl (C=O) groups excluding carboxylic acids is 1. The molecular formula is C14H19O5. The van der Waals surface area contributed by atoms with Crippen molar-refractivity contribution in [3.05, 3.63) is 36.4 Å². The van der Waals surface area contributed by atoms with E-state index >= 15 is 0 Å². The molecule has 1 rings (SSSR count). The molecule has 105 valence electrons. The number of hydrogen-bond acceptors (Lipinski definition) is 5. The molecule has 0 amide bonds. The van der Waals surface area contributed by atoms with Crippen LogP contribution in [0.4, 0.5) is 0 Å². The van der Waals surface area contributed by atoms with Gasteiger partial charge < -0.3 is 9.47 Å². The first-order valence-corrected chi connectivity index (χ1v) is 6.12. The number of rotatable bonds is 8. The van der Waals surface area contributed by atoms with Gasteiger partial charge in [-0.3, -0.25) is 4.89 Å². The molecule has 1 aromatic carbocycles. The van der Waals surface area contributed by atoms with Gasteiger partial charge in [-0.1, -0.05) is 0 Å². The van der Waals surface area contributed by atoms with Crippen LogP contribution in [0.2, 0.25) is 0 Å². The van der Waals surface area contributed by atoms with Crippen LogP contribution in [-0.2, 0) is 14.5 Å². The highest BCUT2D eigenvalue weighted by atomic mass is 17.2. The summed E-state index contributed by atoms with van der Waals surface area (Å²) in [4.78, 5) is 20.9. The summed E-state index contributed by atoms with van der Waals surface area (Å²) in [5, 5.41) is 0. The van der Waals surface area contributed by atoms with Crippen LogP contribution in [0.15, 0.2) is 24.3 Å². The zero-order valence-electron chi connectivity index (χ0n) is 11.4. The van der Waals surface area contributed by atoms with Crippen molar-refractivity contribution in [1.29, 1.82) is 0 Å². The van der Waals surface area contributed by atoms with Gasteiger partial charge in [0.25, 0.3) is 0 Å². The van der Waals surface area contributed by atoms with Crippen molar-refractivity contribution in [2.45, 2.75) is 26.4 Å². The molecule has 0 N–H and O–H groups in total. The topological polar surface area (TPSA) is 54.0 Å². The fourth-order valence-electron chi connectivity index (χ4n) is 1.25. The molecule has 0 aliphatic carbocycles. The Hall–Kier alpha value is -1.59. The molecule has 5 nitrogen and oxygen atoms in total. The summed E-state index contributed by atoms with van der Waals surface area (Å²) in [5.41, 5.74) is 0.400. The van der Waals surface area contributed by atoms with Crippen molar-refractivity contribution in [2.75, 3.05) is 13.7 Å². The van der Waals surface area contributed by atoms with Crippen LogP contribution < -0.4 is 4.74 Å². The second-order valence-corrected chi connectivity index (χ2v) is 3.87. The van der Waals surface area contributed by atoms with Crippen molar-refractivity contribution in [2.24, 2.45) is 0 Å². The van der Waals surface area contributed by atoms with Crippen molar-refractivity contribution in [1.82, 2.24) is 0 Å². The Kier molecular flexibility index (Phi) is 6.92. The predicted octanol–water partition coefficient (Wildman–Crippen LogP) is 2.76. The molecule has 0 bridgehead atoms. The number of benzene rings is 1. The van der Waals surface area contributed by atoms with Crippen molar-refractivity contribution >= 4 is 5.97 Å². The number of hydrogen-bond donors (Lipinski definition) is 0. The summed E-state index contributed by atoms with van der Waals surface area (Å²) < 4.78 is 10.3. The van der Waals surface area contributed by atoms with E-state index in [1.54, 1.807) is 31.4 Å². The molecule has 0 aliphatic heterocycles. The smallest absolute Gasteiger partial charge is 0.373 e.